The van der Waals surface area contributed by atoms with Gasteiger partial charge in [-0.15, -0.1) is 10.2 Å². The third kappa shape index (κ3) is 5.65. The van der Waals surface area contributed by atoms with Gasteiger partial charge in [-0.3, -0.25) is 4.79 Å². The van der Waals surface area contributed by atoms with Gasteiger partial charge in [0, 0.05) is 18.7 Å². The number of amides is 1. The molecule has 29 heavy (non-hydrogen) atoms. The van der Waals surface area contributed by atoms with Gasteiger partial charge in [-0.1, -0.05) is 41.0 Å². The average Bonchev–Trinajstić information content (AvgIpc) is 3.22. The molecule has 0 fully saturated rings. The summed E-state index contributed by atoms with van der Waals surface area (Å²) in [7, 11) is 1.61. The molecule has 1 aromatic heterocycles. The number of benzene rings is 2. The van der Waals surface area contributed by atoms with Gasteiger partial charge >= 0.3 is 0 Å². The fourth-order valence-electron chi connectivity index (χ4n) is 2.57. The van der Waals surface area contributed by atoms with Crippen molar-refractivity contribution in [3.8, 4) is 17.2 Å². The van der Waals surface area contributed by atoms with Crippen molar-refractivity contribution in [3.63, 3.8) is 0 Å². The fraction of sp³-hybridized carbons (Fsp3) is 0.250. The van der Waals surface area contributed by atoms with Crippen molar-refractivity contribution < 1.29 is 13.9 Å². The number of thioether (sulfide) groups is 1. The van der Waals surface area contributed by atoms with Gasteiger partial charge in [0.1, 0.15) is 5.75 Å². The first-order valence-corrected chi connectivity index (χ1v) is 10.6. The van der Waals surface area contributed by atoms with E-state index in [4.69, 9.17) is 32.4 Å². The minimum Gasteiger partial charge on any atom is -0.497 e. The van der Waals surface area contributed by atoms with Crippen LogP contribution in [0, 0.1) is 0 Å². The van der Waals surface area contributed by atoms with E-state index in [-0.39, 0.29) is 11.7 Å². The number of aromatic nitrogens is 2. The van der Waals surface area contributed by atoms with Crippen LogP contribution in [0.4, 0.5) is 0 Å². The zero-order valence-electron chi connectivity index (χ0n) is 15.9. The summed E-state index contributed by atoms with van der Waals surface area (Å²) in [6.45, 7) is 2.95. The lowest BCUT2D eigenvalue weighted by Gasteiger charge is -2.20. The van der Waals surface area contributed by atoms with Gasteiger partial charge in [0.05, 0.1) is 22.9 Å². The van der Waals surface area contributed by atoms with Gasteiger partial charge in [0.25, 0.3) is 5.22 Å². The van der Waals surface area contributed by atoms with Crippen molar-refractivity contribution in [1.82, 2.24) is 15.1 Å². The Balaban J connectivity index is 1.58. The smallest absolute Gasteiger partial charge is 0.277 e. The minimum absolute atomic E-state index is 0.0345. The highest BCUT2D eigenvalue weighted by atomic mass is 35.5. The number of carbonyl (C=O) groups is 1. The standard InChI is InChI=1S/C20H19Cl2N3O3S/c1-3-25(11-13-4-9-16(21)17(22)10-13)18(26)12-29-20-24-23-19(28-20)14-5-7-15(27-2)8-6-14/h4-10H,3,11-12H2,1-2H3. The lowest BCUT2D eigenvalue weighted by molar-refractivity contribution is -0.128. The van der Waals surface area contributed by atoms with Crippen molar-refractivity contribution in [2.75, 3.05) is 19.4 Å². The number of nitrogens with zero attached hydrogens (tertiary/aromatic N) is 3. The van der Waals surface area contributed by atoms with Gasteiger partial charge in [-0.2, -0.15) is 0 Å². The summed E-state index contributed by atoms with van der Waals surface area (Å²) in [5.41, 5.74) is 1.70. The van der Waals surface area contributed by atoms with Crippen LogP contribution in [0.5, 0.6) is 5.75 Å². The zero-order valence-corrected chi connectivity index (χ0v) is 18.2. The fourth-order valence-corrected chi connectivity index (χ4v) is 3.55. The summed E-state index contributed by atoms with van der Waals surface area (Å²) in [6.07, 6.45) is 0. The maximum absolute atomic E-state index is 12.6. The van der Waals surface area contributed by atoms with Crippen LogP contribution in [0.25, 0.3) is 11.5 Å². The molecule has 0 aliphatic rings. The molecule has 0 aliphatic heterocycles. The first-order valence-electron chi connectivity index (χ1n) is 8.82. The maximum atomic E-state index is 12.6. The molecular formula is C20H19Cl2N3O3S. The Morgan fingerprint density at radius 1 is 1.14 bits per heavy atom. The van der Waals surface area contributed by atoms with Gasteiger partial charge < -0.3 is 14.1 Å². The van der Waals surface area contributed by atoms with E-state index < -0.39 is 0 Å². The maximum Gasteiger partial charge on any atom is 0.277 e. The van der Waals surface area contributed by atoms with E-state index in [1.54, 1.807) is 24.1 Å². The lowest BCUT2D eigenvalue weighted by atomic mass is 10.2. The Bertz CT molecular complexity index is 979. The van der Waals surface area contributed by atoms with Crippen LogP contribution in [-0.2, 0) is 11.3 Å². The predicted octanol–water partition coefficient (Wildman–Crippen LogP) is 5.19. The lowest BCUT2D eigenvalue weighted by Crippen LogP contribution is -2.31. The summed E-state index contributed by atoms with van der Waals surface area (Å²) in [4.78, 5) is 14.3. The molecule has 0 radical (unpaired) electrons. The van der Waals surface area contributed by atoms with E-state index >= 15 is 0 Å². The Kier molecular flexibility index (Phi) is 7.41. The van der Waals surface area contributed by atoms with Crippen molar-refractivity contribution >= 4 is 40.9 Å². The van der Waals surface area contributed by atoms with E-state index in [9.17, 15) is 4.79 Å². The first-order chi connectivity index (χ1) is 14.0. The molecule has 3 aromatic rings. The summed E-state index contributed by atoms with van der Waals surface area (Å²) < 4.78 is 10.8. The molecule has 9 heteroatoms. The zero-order chi connectivity index (χ0) is 20.8. The second-order valence-corrected chi connectivity index (χ2v) is 7.79. The van der Waals surface area contributed by atoms with E-state index in [1.165, 1.54) is 11.8 Å². The second-order valence-electron chi connectivity index (χ2n) is 6.05. The number of rotatable bonds is 8. The molecule has 0 bridgehead atoms. The first kappa shape index (κ1) is 21.5. The summed E-state index contributed by atoms with van der Waals surface area (Å²) in [5, 5.41) is 9.35. The molecule has 0 aliphatic carbocycles. The topological polar surface area (TPSA) is 68.5 Å². The average molecular weight is 452 g/mol. The van der Waals surface area contributed by atoms with Gasteiger partial charge in [-0.05, 0) is 48.9 Å². The molecule has 2 aromatic carbocycles. The quantitative estimate of drug-likeness (QED) is 0.438. The van der Waals surface area contributed by atoms with Crippen molar-refractivity contribution in [2.45, 2.75) is 18.7 Å². The van der Waals surface area contributed by atoms with Crippen LogP contribution in [-0.4, -0.2) is 40.4 Å². The van der Waals surface area contributed by atoms with Crippen LogP contribution in [0.3, 0.4) is 0 Å². The van der Waals surface area contributed by atoms with E-state index in [1.807, 2.05) is 37.3 Å². The number of carbonyl (C=O) groups excluding carboxylic acids is 1. The minimum atomic E-state index is -0.0345. The monoisotopic (exact) mass is 451 g/mol. The molecule has 0 atom stereocenters. The molecular weight excluding hydrogens is 433 g/mol. The van der Waals surface area contributed by atoms with Crippen LogP contribution in [0.15, 0.2) is 52.1 Å². The highest BCUT2D eigenvalue weighted by Crippen LogP contribution is 2.26. The Morgan fingerprint density at radius 3 is 2.55 bits per heavy atom. The molecule has 0 spiro atoms. The van der Waals surface area contributed by atoms with Gasteiger partial charge in [0.15, 0.2) is 0 Å². The molecule has 152 valence electrons. The molecule has 1 amide bonds. The SMILES string of the molecule is CCN(Cc1ccc(Cl)c(Cl)c1)C(=O)CSc1nnc(-c2ccc(OC)cc2)o1. The third-order valence-corrected chi connectivity index (χ3v) is 5.70. The van der Waals surface area contributed by atoms with Gasteiger partial charge in [-0.25, -0.2) is 0 Å². The summed E-state index contributed by atoms with van der Waals surface area (Å²) in [6, 6.07) is 12.7. The number of ether oxygens (including phenoxy) is 1. The molecule has 0 saturated carbocycles. The normalized spacial score (nSPS) is 10.8. The van der Waals surface area contributed by atoms with Crippen LogP contribution in [0.2, 0.25) is 10.0 Å². The van der Waals surface area contributed by atoms with Crippen LogP contribution >= 0.6 is 35.0 Å². The van der Waals surface area contributed by atoms with Crippen molar-refractivity contribution in [3.05, 3.63) is 58.1 Å². The number of hydrogen-bond donors (Lipinski definition) is 0. The molecule has 6 nitrogen and oxygen atoms in total. The Hall–Kier alpha value is -2.22. The molecule has 0 unspecified atom stereocenters. The highest BCUT2D eigenvalue weighted by Gasteiger charge is 2.16. The van der Waals surface area contributed by atoms with E-state index in [2.05, 4.69) is 10.2 Å². The largest absolute Gasteiger partial charge is 0.497 e. The Labute approximate surface area is 183 Å². The second kappa shape index (κ2) is 10.0. The molecule has 0 N–H and O–H groups in total. The molecule has 3 rings (SSSR count). The summed E-state index contributed by atoms with van der Waals surface area (Å²) in [5.74, 6) is 1.30. The highest BCUT2D eigenvalue weighted by molar-refractivity contribution is 7.99. The third-order valence-electron chi connectivity index (χ3n) is 4.15. The van der Waals surface area contributed by atoms with Gasteiger partial charge in [0.2, 0.25) is 11.8 Å². The van der Waals surface area contributed by atoms with Crippen LogP contribution in [0.1, 0.15) is 12.5 Å². The van der Waals surface area contributed by atoms with Crippen molar-refractivity contribution in [2.24, 2.45) is 0 Å². The number of hydrogen-bond acceptors (Lipinski definition) is 6. The molecule has 0 saturated heterocycles. The predicted molar refractivity (Wildman–Crippen MR) is 115 cm³/mol. The van der Waals surface area contributed by atoms with Crippen molar-refractivity contribution in [1.29, 1.82) is 0 Å². The summed E-state index contributed by atoms with van der Waals surface area (Å²) >= 11 is 13.2. The van der Waals surface area contributed by atoms with Crippen LogP contribution < -0.4 is 4.74 Å². The van der Waals surface area contributed by atoms with E-state index in [0.717, 1.165) is 16.9 Å². The Morgan fingerprint density at radius 2 is 1.90 bits per heavy atom. The number of methoxy groups -OCH3 is 1. The van der Waals surface area contributed by atoms with E-state index in [0.29, 0.717) is 34.2 Å². The molecule has 1 heterocycles. The number of halogens is 2.